The fourth-order valence-corrected chi connectivity index (χ4v) is 4.42. The van der Waals surface area contributed by atoms with Gasteiger partial charge in [-0.05, 0) is 65.1 Å². The van der Waals surface area contributed by atoms with Crippen molar-refractivity contribution in [2.45, 2.75) is 56.3 Å². The maximum atomic E-state index is 12.5. The Morgan fingerprint density at radius 1 is 1.00 bits per heavy atom. The first-order valence-electron chi connectivity index (χ1n) is 9.03. The van der Waals surface area contributed by atoms with Crippen molar-refractivity contribution in [1.82, 2.24) is 0 Å². The Kier molecular flexibility index (Phi) is 5.01. The van der Waals surface area contributed by atoms with Crippen molar-refractivity contribution in [1.29, 1.82) is 0 Å². The van der Waals surface area contributed by atoms with Gasteiger partial charge >= 0.3 is 5.97 Å². The zero-order valence-electron chi connectivity index (χ0n) is 16.1. The molecule has 0 saturated heterocycles. The predicted octanol–water partition coefficient (Wildman–Crippen LogP) is 4.85. The molecule has 140 valence electrons. The average Bonchev–Trinajstić information content (AvgIpc) is 2.63. The van der Waals surface area contributed by atoms with Gasteiger partial charge in [-0.1, -0.05) is 45.7 Å². The smallest absolute Gasteiger partial charge is 0.335 e. The van der Waals surface area contributed by atoms with Gasteiger partial charge in [0.25, 0.3) is 0 Å². The molecule has 1 aliphatic rings. The van der Waals surface area contributed by atoms with Gasteiger partial charge in [0.2, 0.25) is 0 Å². The molecule has 0 bridgehead atoms. The maximum absolute atomic E-state index is 12.5. The van der Waals surface area contributed by atoms with E-state index in [9.17, 15) is 9.00 Å². The van der Waals surface area contributed by atoms with Crippen LogP contribution in [-0.2, 0) is 21.6 Å². The van der Waals surface area contributed by atoms with E-state index in [1.54, 1.807) is 12.1 Å². The van der Waals surface area contributed by atoms with Gasteiger partial charge in [-0.15, -0.1) is 0 Å². The number of hydrogen-bond donors (Lipinski definition) is 1. The molecule has 0 amide bonds. The molecule has 0 radical (unpaired) electrons. The van der Waals surface area contributed by atoms with Crippen LogP contribution in [-0.4, -0.2) is 15.3 Å². The van der Waals surface area contributed by atoms with Crippen LogP contribution < -0.4 is 0 Å². The van der Waals surface area contributed by atoms with Crippen molar-refractivity contribution >= 4 is 16.8 Å². The molecule has 0 heterocycles. The lowest BCUT2D eigenvalue weighted by atomic mass is 9.62. The molecule has 1 unspecified atom stereocenters. The van der Waals surface area contributed by atoms with E-state index in [0.29, 0.717) is 4.90 Å². The summed E-state index contributed by atoms with van der Waals surface area (Å²) in [6.07, 6.45) is 2.22. The van der Waals surface area contributed by atoms with Gasteiger partial charge < -0.3 is 5.11 Å². The van der Waals surface area contributed by atoms with Gasteiger partial charge in [0.1, 0.15) is 10.8 Å². The number of carboxylic acid groups (broad SMARTS) is 1. The highest BCUT2D eigenvalue weighted by molar-refractivity contribution is 7.89. The Bertz CT molecular complexity index is 973. The molecule has 2 aromatic carbocycles. The van der Waals surface area contributed by atoms with Crippen molar-refractivity contribution in [3.05, 3.63) is 64.7 Å². The Morgan fingerprint density at radius 2 is 1.63 bits per heavy atom. The summed E-state index contributed by atoms with van der Waals surface area (Å²) in [7, 11) is -1.50. The van der Waals surface area contributed by atoms with Gasteiger partial charge in [0.15, 0.2) is 0 Å². The van der Waals surface area contributed by atoms with Crippen molar-refractivity contribution < 1.29 is 14.1 Å². The summed E-state index contributed by atoms with van der Waals surface area (Å²) in [5, 5.41) is 11.8. The highest BCUT2D eigenvalue weighted by Gasteiger charge is 2.38. The molecular formula is C23H24O3S. The molecule has 3 rings (SSSR count). The predicted molar refractivity (Wildman–Crippen MR) is 108 cm³/mol. The van der Waals surface area contributed by atoms with Crippen LogP contribution in [0.3, 0.4) is 0 Å². The molecule has 2 aromatic rings. The van der Waals surface area contributed by atoms with Crippen LogP contribution >= 0.6 is 0 Å². The Labute approximate surface area is 163 Å². The molecular weight excluding hydrogens is 356 g/mol. The molecule has 0 saturated carbocycles. The molecule has 0 spiro atoms. The van der Waals surface area contributed by atoms with Crippen LogP contribution in [0.1, 0.15) is 67.6 Å². The highest BCUT2D eigenvalue weighted by atomic mass is 32.2. The summed E-state index contributed by atoms with van der Waals surface area (Å²) in [6, 6.07) is 12.2. The maximum Gasteiger partial charge on any atom is 0.335 e. The summed E-state index contributed by atoms with van der Waals surface area (Å²) in [5.74, 6) is 2.13. The monoisotopic (exact) mass is 380 g/mol. The SMILES string of the molecule is CC1(C)CCC(C)(C)c2c(C#CS(=O)c3ccc(C(=O)O)cc3)cccc21. The fourth-order valence-electron chi connectivity index (χ4n) is 3.72. The molecule has 1 N–H and O–H groups in total. The van der Waals surface area contributed by atoms with Crippen molar-refractivity contribution in [2.75, 3.05) is 0 Å². The summed E-state index contributed by atoms with van der Waals surface area (Å²) >= 11 is 0. The molecule has 0 aromatic heterocycles. The normalized spacial score (nSPS) is 17.9. The summed E-state index contributed by atoms with van der Waals surface area (Å²) in [5.41, 5.74) is 3.81. The molecule has 4 heteroatoms. The quantitative estimate of drug-likeness (QED) is 0.758. The zero-order valence-corrected chi connectivity index (χ0v) is 16.9. The summed E-state index contributed by atoms with van der Waals surface area (Å²) in [4.78, 5) is 11.4. The van der Waals surface area contributed by atoms with E-state index < -0.39 is 16.8 Å². The second-order valence-corrected chi connectivity index (χ2v) is 9.53. The van der Waals surface area contributed by atoms with E-state index in [1.165, 1.54) is 23.3 Å². The number of benzene rings is 2. The molecule has 27 heavy (non-hydrogen) atoms. The average molecular weight is 381 g/mol. The molecule has 0 aliphatic heterocycles. The molecule has 1 atom stereocenters. The first-order chi connectivity index (χ1) is 12.6. The van der Waals surface area contributed by atoms with Gasteiger partial charge in [0, 0.05) is 10.8 Å². The molecule has 1 aliphatic carbocycles. The lowest BCUT2D eigenvalue weighted by Gasteiger charge is -2.42. The van der Waals surface area contributed by atoms with Gasteiger partial charge in [-0.2, -0.15) is 0 Å². The van der Waals surface area contributed by atoms with Crippen LogP contribution in [0.2, 0.25) is 0 Å². The van der Waals surface area contributed by atoms with Crippen LogP contribution in [0.15, 0.2) is 47.4 Å². The van der Waals surface area contributed by atoms with E-state index >= 15 is 0 Å². The van der Waals surface area contributed by atoms with Gasteiger partial charge in [-0.3, -0.25) is 0 Å². The minimum Gasteiger partial charge on any atom is -0.478 e. The molecule has 0 fully saturated rings. The van der Waals surface area contributed by atoms with Crippen LogP contribution in [0.4, 0.5) is 0 Å². The third kappa shape index (κ3) is 3.84. The van der Waals surface area contributed by atoms with Gasteiger partial charge in [-0.25, -0.2) is 9.00 Å². The lowest BCUT2D eigenvalue weighted by molar-refractivity contribution is 0.0697. The van der Waals surface area contributed by atoms with E-state index in [2.05, 4.69) is 44.9 Å². The topological polar surface area (TPSA) is 54.4 Å². The third-order valence-electron chi connectivity index (χ3n) is 5.44. The van der Waals surface area contributed by atoms with E-state index in [1.807, 2.05) is 12.1 Å². The van der Waals surface area contributed by atoms with Crippen LogP contribution in [0, 0.1) is 11.2 Å². The second kappa shape index (κ2) is 6.98. The number of carbonyl (C=O) groups is 1. The van der Waals surface area contributed by atoms with Crippen LogP contribution in [0.25, 0.3) is 0 Å². The summed E-state index contributed by atoms with van der Waals surface area (Å²) < 4.78 is 12.5. The Morgan fingerprint density at radius 3 is 2.26 bits per heavy atom. The molecule has 3 nitrogen and oxygen atoms in total. The van der Waals surface area contributed by atoms with Crippen LogP contribution in [0.5, 0.6) is 0 Å². The minimum atomic E-state index is -1.50. The lowest BCUT2D eigenvalue weighted by Crippen LogP contribution is -2.34. The first-order valence-corrected chi connectivity index (χ1v) is 10.2. The number of carboxylic acids is 1. The number of fused-ring (bicyclic) bond motifs is 1. The standard InChI is InChI=1S/C23H24O3S/c1-22(2)13-14-23(3,4)20-16(6-5-7-19(20)22)12-15-27(26)18-10-8-17(9-11-18)21(24)25/h5-11H,13-14H2,1-4H3,(H,24,25). The number of rotatable bonds is 2. The summed E-state index contributed by atoms with van der Waals surface area (Å²) in [6.45, 7) is 9.02. The van der Waals surface area contributed by atoms with Crippen molar-refractivity contribution in [3.63, 3.8) is 0 Å². The van der Waals surface area contributed by atoms with E-state index in [4.69, 9.17) is 5.11 Å². The van der Waals surface area contributed by atoms with Crippen molar-refractivity contribution in [3.8, 4) is 11.2 Å². The zero-order chi connectivity index (χ0) is 19.8. The van der Waals surface area contributed by atoms with Gasteiger partial charge in [0.05, 0.1) is 10.5 Å². The second-order valence-electron chi connectivity index (χ2n) is 8.32. The fraction of sp³-hybridized carbons (Fsp3) is 0.348. The Hall–Kier alpha value is -2.38. The largest absolute Gasteiger partial charge is 0.478 e. The third-order valence-corrected chi connectivity index (χ3v) is 6.43. The first kappa shape index (κ1) is 19.4. The number of hydrogen-bond acceptors (Lipinski definition) is 2. The van der Waals surface area contributed by atoms with Crippen molar-refractivity contribution in [2.24, 2.45) is 0 Å². The Balaban J connectivity index is 1.98. The van der Waals surface area contributed by atoms with E-state index in [0.717, 1.165) is 18.4 Å². The minimum absolute atomic E-state index is 0.0285. The van der Waals surface area contributed by atoms with E-state index in [-0.39, 0.29) is 16.4 Å². The highest BCUT2D eigenvalue weighted by Crippen LogP contribution is 2.46. The number of aromatic carboxylic acids is 1.